The van der Waals surface area contributed by atoms with Crippen LogP contribution in [0.3, 0.4) is 0 Å². The molecule has 0 saturated heterocycles. The first-order chi connectivity index (χ1) is 11.6. The van der Waals surface area contributed by atoms with E-state index in [-0.39, 0.29) is 29.2 Å². The van der Waals surface area contributed by atoms with Gasteiger partial charge in [0.15, 0.2) is 5.78 Å². The first kappa shape index (κ1) is 19.6. The van der Waals surface area contributed by atoms with Gasteiger partial charge >= 0.3 is 0 Å². The van der Waals surface area contributed by atoms with Gasteiger partial charge in [-0.2, -0.15) is 4.31 Å². The van der Waals surface area contributed by atoms with Crippen molar-refractivity contribution in [3.05, 3.63) is 29.8 Å². The fourth-order valence-electron chi connectivity index (χ4n) is 2.64. The molecule has 2 rings (SSSR count). The number of ketones is 1. The highest BCUT2D eigenvalue weighted by atomic mass is 32.2. The molecule has 0 N–H and O–H groups in total. The van der Waals surface area contributed by atoms with E-state index in [4.69, 9.17) is 0 Å². The third kappa shape index (κ3) is 4.89. The predicted octanol–water partition coefficient (Wildman–Crippen LogP) is 2.16. The first-order valence-electron chi connectivity index (χ1n) is 8.49. The highest BCUT2D eigenvalue weighted by molar-refractivity contribution is 7.89. The van der Waals surface area contributed by atoms with Crippen molar-refractivity contribution in [2.75, 3.05) is 20.1 Å². The van der Waals surface area contributed by atoms with Crippen LogP contribution in [0.4, 0.5) is 0 Å². The Morgan fingerprint density at radius 2 is 1.72 bits per heavy atom. The Morgan fingerprint density at radius 1 is 1.16 bits per heavy atom. The van der Waals surface area contributed by atoms with Gasteiger partial charge in [0.1, 0.15) is 0 Å². The summed E-state index contributed by atoms with van der Waals surface area (Å²) in [5, 5.41) is 0. The van der Waals surface area contributed by atoms with Crippen LogP contribution < -0.4 is 0 Å². The molecule has 138 valence electrons. The van der Waals surface area contributed by atoms with Crippen LogP contribution in [0, 0.1) is 5.92 Å². The van der Waals surface area contributed by atoms with Crippen LogP contribution in [-0.4, -0.2) is 55.5 Å². The smallest absolute Gasteiger partial charge is 0.243 e. The molecule has 1 aromatic rings. The lowest BCUT2D eigenvalue weighted by atomic mass is 10.2. The zero-order valence-corrected chi connectivity index (χ0v) is 16.0. The number of Topliss-reactive ketones (excluding diaryl/α,β-unsaturated/α-hetero) is 1. The largest absolute Gasteiger partial charge is 0.338 e. The Morgan fingerprint density at radius 3 is 2.16 bits per heavy atom. The molecule has 25 heavy (non-hydrogen) atoms. The molecule has 0 aliphatic heterocycles. The lowest BCUT2D eigenvalue weighted by Crippen LogP contribution is -2.43. The van der Waals surface area contributed by atoms with Crippen molar-refractivity contribution >= 4 is 21.7 Å². The maximum absolute atomic E-state index is 12.6. The molecule has 1 aliphatic carbocycles. The highest BCUT2D eigenvalue weighted by Gasteiger charge is 2.34. The van der Waals surface area contributed by atoms with Gasteiger partial charge in [0, 0.05) is 25.2 Å². The van der Waals surface area contributed by atoms with Crippen LogP contribution in [0.5, 0.6) is 0 Å². The normalized spacial score (nSPS) is 14.8. The highest BCUT2D eigenvalue weighted by Crippen LogP contribution is 2.28. The minimum Gasteiger partial charge on any atom is -0.338 e. The second-order valence-electron chi connectivity index (χ2n) is 7.01. The second-order valence-corrected chi connectivity index (χ2v) is 9.06. The molecule has 1 aliphatic rings. The summed E-state index contributed by atoms with van der Waals surface area (Å²) in [7, 11) is -2.36. The minimum atomic E-state index is -3.77. The maximum Gasteiger partial charge on any atom is 0.243 e. The van der Waals surface area contributed by atoms with Crippen molar-refractivity contribution < 1.29 is 18.0 Å². The van der Waals surface area contributed by atoms with Crippen molar-refractivity contribution in [3.63, 3.8) is 0 Å². The van der Waals surface area contributed by atoms with E-state index in [1.165, 1.54) is 38.2 Å². The number of benzene rings is 1. The van der Waals surface area contributed by atoms with Crippen LogP contribution in [0.15, 0.2) is 29.2 Å². The maximum atomic E-state index is 12.6. The molecular formula is C18H26N2O4S. The number of carbonyl (C=O) groups is 2. The number of likely N-dealkylation sites (N-methyl/N-ethyl adjacent to an activating group) is 1. The summed E-state index contributed by atoms with van der Waals surface area (Å²) in [6, 6.07) is 6.03. The third-order valence-electron chi connectivity index (χ3n) is 4.20. The third-order valence-corrected chi connectivity index (χ3v) is 6.01. The molecule has 0 aromatic heterocycles. The minimum absolute atomic E-state index is 0.0784. The average molecular weight is 366 g/mol. The number of hydrogen-bond acceptors (Lipinski definition) is 4. The van der Waals surface area contributed by atoms with E-state index in [0.29, 0.717) is 18.0 Å². The van der Waals surface area contributed by atoms with E-state index in [1.54, 1.807) is 4.90 Å². The quantitative estimate of drug-likeness (QED) is 0.661. The van der Waals surface area contributed by atoms with Crippen LogP contribution in [-0.2, 0) is 14.8 Å². The van der Waals surface area contributed by atoms with Crippen molar-refractivity contribution in [1.82, 2.24) is 9.21 Å². The van der Waals surface area contributed by atoms with E-state index >= 15 is 0 Å². The van der Waals surface area contributed by atoms with Gasteiger partial charge in [-0.1, -0.05) is 26.0 Å². The van der Waals surface area contributed by atoms with E-state index in [9.17, 15) is 18.0 Å². The van der Waals surface area contributed by atoms with E-state index in [0.717, 1.165) is 17.1 Å². The Labute approximate surface area is 149 Å². The Bertz CT molecular complexity index is 737. The van der Waals surface area contributed by atoms with Crippen molar-refractivity contribution in [2.24, 2.45) is 5.92 Å². The number of nitrogens with zero attached hydrogens (tertiary/aromatic N) is 2. The average Bonchev–Trinajstić information content (AvgIpc) is 3.37. The summed E-state index contributed by atoms with van der Waals surface area (Å²) in [4.78, 5) is 25.8. The number of amides is 1. The lowest BCUT2D eigenvalue weighted by Gasteiger charge is -2.27. The molecule has 1 fully saturated rings. The fraction of sp³-hybridized carbons (Fsp3) is 0.556. The van der Waals surface area contributed by atoms with Crippen molar-refractivity contribution in [3.8, 4) is 0 Å². The monoisotopic (exact) mass is 366 g/mol. The summed E-state index contributed by atoms with van der Waals surface area (Å²) in [6.45, 7) is 5.97. The molecule has 0 heterocycles. The Hall–Kier alpha value is -1.73. The fourth-order valence-corrected chi connectivity index (χ4v) is 3.76. The van der Waals surface area contributed by atoms with Crippen LogP contribution in [0.1, 0.15) is 44.0 Å². The molecule has 0 bridgehead atoms. The van der Waals surface area contributed by atoms with Gasteiger partial charge in [0.25, 0.3) is 0 Å². The second kappa shape index (κ2) is 7.66. The summed E-state index contributed by atoms with van der Waals surface area (Å²) in [5.41, 5.74) is 0.453. The molecule has 0 unspecified atom stereocenters. The Kier molecular flexibility index (Phi) is 6.00. The topological polar surface area (TPSA) is 74.8 Å². The zero-order valence-electron chi connectivity index (χ0n) is 15.2. The van der Waals surface area contributed by atoms with Crippen molar-refractivity contribution in [2.45, 2.75) is 44.6 Å². The van der Waals surface area contributed by atoms with Gasteiger partial charge in [-0.05, 0) is 37.8 Å². The molecule has 1 aromatic carbocycles. The van der Waals surface area contributed by atoms with Gasteiger partial charge in [-0.15, -0.1) is 0 Å². The number of hydrogen-bond donors (Lipinski definition) is 0. The summed E-state index contributed by atoms with van der Waals surface area (Å²) in [6.07, 6.45) is 1.98. The van der Waals surface area contributed by atoms with Gasteiger partial charge in [0.05, 0.1) is 11.4 Å². The molecule has 0 spiro atoms. The summed E-state index contributed by atoms with van der Waals surface area (Å²) in [5.74, 6) is 0.0504. The summed E-state index contributed by atoms with van der Waals surface area (Å²) >= 11 is 0. The molecule has 7 heteroatoms. The summed E-state index contributed by atoms with van der Waals surface area (Å²) < 4.78 is 26.4. The first-order valence-corrected chi connectivity index (χ1v) is 9.93. The van der Waals surface area contributed by atoms with Gasteiger partial charge in [-0.3, -0.25) is 9.59 Å². The molecular weight excluding hydrogens is 340 g/mol. The SMILES string of the molecule is CC(=O)c1ccc(S(=O)(=O)N(C)CC(=O)N(CC(C)C)C2CC2)cc1. The molecule has 0 radical (unpaired) electrons. The van der Waals surface area contributed by atoms with Crippen LogP contribution >= 0.6 is 0 Å². The molecule has 0 atom stereocenters. The number of rotatable bonds is 8. The predicted molar refractivity (Wildman–Crippen MR) is 95.8 cm³/mol. The number of sulfonamides is 1. The van der Waals surface area contributed by atoms with E-state index in [2.05, 4.69) is 0 Å². The molecule has 1 saturated carbocycles. The van der Waals surface area contributed by atoms with Gasteiger partial charge in [0.2, 0.25) is 15.9 Å². The zero-order chi connectivity index (χ0) is 18.8. The van der Waals surface area contributed by atoms with E-state index in [1.807, 2.05) is 13.8 Å². The van der Waals surface area contributed by atoms with E-state index < -0.39 is 10.0 Å². The lowest BCUT2D eigenvalue weighted by molar-refractivity contribution is -0.132. The Balaban J connectivity index is 2.10. The molecule has 6 nitrogen and oxygen atoms in total. The standard InChI is InChI=1S/C18H26N2O4S/c1-13(2)11-20(16-7-8-16)18(22)12-19(4)25(23,24)17-9-5-15(6-10-17)14(3)21/h5-6,9-10,13,16H,7-8,11-12H2,1-4H3. The van der Waals surface area contributed by atoms with Gasteiger partial charge < -0.3 is 4.90 Å². The number of carbonyl (C=O) groups excluding carboxylic acids is 2. The van der Waals surface area contributed by atoms with Crippen LogP contribution in [0.2, 0.25) is 0 Å². The van der Waals surface area contributed by atoms with Crippen molar-refractivity contribution in [1.29, 1.82) is 0 Å². The molecule has 1 amide bonds. The van der Waals surface area contributed by atoms with Gasteiger partial charge in [-0.25, -0.2) is 8.42 Å². The van der Waals surface area contributed by atoms with Crippen LogP contribution in [0.25, 0.3) is 0 Å².